The summed E-state index contributed by atoms with van der Waals surface area (Å²) in [7, 11) is 2.11. The van der Waals surface area contributed by atoms with Gasteiger partial charge in [-0.2, -0.15) is 13.2 Å². The first-order valence-corrected chi connectivity index (χ1v) is 11.8. The van der Waals surface area contributed by atoms with Gasteiger partial charge in [-0.25, -0.2) is 19.3 Å². The molecule has 4 heterocycles. The van der Waals surface area contributed by atoms with Crippen LogP contribution >= 0.6 is 0 Å². The van der Waals surface area contributed by atoms with E-state index in [1.54, 1.807) is 6.07 Å². The van der Waals surface area contributed by atoms with Gasteiger partial charge in [0.15, 0.2) is 0 Å². The Morgan fingerprint density at radius 3 is 2.62 bits per heavy atom. The largest absolute Gasteiger partial charge is 0.457 e. The molecule has 0 bridgehead atoms. The summed E-state index contributed by atoms with van der Waals surface area (Å²) in [6.45, 7) is 0.776. The number of fused-ring (bicyclic) bond motifs is 1. The molecule has 1 fully saturated rings. The van der Waals surface area contributed by atoms with Crippen molar-refractivity contribution in [2.75, 3.05) is 37.3 Å². The number of benzene rings is 1. The minimum absolute atomic E-state index is 0.00622. The maximum atomic E-state index is 15.0. The van der Waals surface area contributed by atoms with Crippen molar-refractivity contribution < 1.29 is 22.3 Å². The lowest BCUT2D eigenvalue weighted by Gasteiger charge is -2.28. The predicted octanol–water partition coefficient (Wildman–Crippen LogP) is 5.81. The Labute approximate surface area is 210 Å². The normalized spacial score (nSPS) is 15.2. The average molecular weight is 516 g/mol. The van der Waals surface area contributed by atoms with E-state index in [1.165, 1.54) is 36.8 Å². The maximum Gasteiger partial charge on any atom is 0.405 e. The number of ether oxygens (including phenoxy) is 1. The lowest BCUT2D eigenvalue weighted by molar-refractivity contribution is -0.115. The Morgan fingerprint density at radius 2 is 1.86 bits per heavy atom. The quantitative estimate of drug-likeness (QED) is 0.268. The Balaban J connectivity index is 1.33. The van der Waals surface area contributed by atoms with Gasteiger partial charge in [0.1, 0.15) is 47.5 Å². The molecule has 1 aromatic carbocycles. The molecular formula is C25H25F4N7O. The van der Waals surface area contributed by atoms with E-state index in [1.807, 2.05) is 6.20 Å². The van der Waals surface area contributed by atoms with Crippen molar-refractivity contribution >= 4 is 28.4 Å². The van der Waals surface area contributed by atoms with Crippen molar-refractivity contribution in [3.8, 4) is 11.5 Å². The molecule has 1 saturated heterocycles. The molecule has 5 rings (SSSR count). The second kappa shape index (κ2) is 10.2. The highest BCUT2D eigenvalue weighted by Gasteiger charge is 2.27. The summed E-state index contributed by atoms with van der Waals surface area (Å²) in [6.07, 6.45) is 2.33. The van der Waals surface area contributed by atoms with Gasteiger partial charge in [0, 0.05) is 24.5 Å². The van der Waals surface area contributed by atoms with Gasteiger partial charge in [0.05, 0.1) is 11.1 Å². The number of piperidine rings is 1. The van der Waals surface area contributed by atoms with Crippen LogP contribution in [0.2, 0.25) is 0 Å². The van der Waals surface area contributed by atoms with E-state index in [2.05, 4.69) is 42.5 Å². The number of H-pyrrole nitrogens is 1. The van der Waals surface area contributed by atoms with Crippen molar-refractivity contribution in [2.45, 2.75) is 24.9 Å². The van der Waals surface area contributed by atoms with Crippen LogP contribution in [0.1, 0.15) is 24.3 Å². The summed E-state index contributed by atoms with van der Waals surface area (Å²) in [5, 5.41) is 6.11. The minimum atomic E-state index is -4.38. The number of hydrogen-bond acceptors (Lipinski definition) is 7. The summed E-state index contributed by atoms with van der Waals surface area (Å²) in [5.74, 6) is 0.665. The minimum Gasteiger partial charge on any atom is -0.457 e. The SMILES string of the molecule is CN1CCC(c2c[nH]c3ncnc(Nc4ccc(Oc5ccnc(NCC(F)(F)F)c5)cc4F)c23)CC1. The van der Waals surface area contributed by atoms with Crippen LogP contribution in [0.15, 0.2) is 49.1 Å². The summed E-state index contributed by atoms with van der Waals surface area (Å²) in [4.78, 5) is 18.0. The fourth-order valence-electron chi connectivity index (χ4n) is 4.41. The zero-order valence-electron chi connectivity index (χ0n) is 19.9. The van der Waals surface area contributed by atoms with Crippen LogP contribution < -0.4 is 15.4 Å². The molecule has 8 nitrogen and oxygen atoms in total. The number of aromatic amines is 1. The van der Waals surface area contributed by atoms with Crippen molar-refractivity contribution in [1.29, 1.82) is 0 Å². The first-order valence-electron chi connectivity index (χ1n) is 11.8. The number of nitrogens with one attached hydrogen (secondary N) is 3. The molecule has 1 aliphatic rings. The van der Waals surface area contributed by atoms with Gasteiger partial charge in [-0.3, -0.25) is 0 Å². The highest BCUT2D eigenvalue weighted by molar-refractivity contribution is 5.92. The van der Waals surface area contributed by atoms with Crippen LogP contribution in [0.25, 0.3) is 11.0 Å². The van der Waals surface area contributed by atoms with E-state index in [9.17, 15) is 13.2 Å². The molecule has 194 valence electrons. The van der Waals surface area contributed by atoms with Gasteiger partial charge < -0.3 is 25.3 Å². The number of rotatable bonds is 7. The summed E-state index contributed by atoms with van der Waals surface area (Å²) < 4.78 is 58.0. The standard InChI is InChI=1S/C25H25F4N7O/c1-36-8-5-15(6-9-36)18-12-31-23-22(18)24(34-14-33-23)35-20-3-2-16(10-19(20)26)37-17-4-7-30-21(11-17)32-13-25(27,28)29/h2-4,7,10-12,14-15H,5-6,8-9,13H2,1H3,(H,30,32)(H2,31,33,34,35). The Hall–Kier alpha value is -3.93. The van der Waals surface area contributed by atoms with Crippen LogP contribution in [0.3, 0.4) is 0 Å². The molecule has 1 aliphatic heterocycles. The zero-order valence-corrected chi connectivity index (χ0v) is 19.9. The Kier molecular flexibility index (Phi) is 6.83. The molecular weight excluding hydrogens is 490 g/mol. The molecule has 0 radical (unpaired) electrons. The molecule has 3 N–H and O–H groups in total. The smallest absolute Gasteiger partial charge is 0.405 e. The molecule has 12 heteroatoms. The third kappa shape index (κ3) is 5.91. The number of hydrogen-bond donors (Lipinski definition) is 3. The molecule has 4 aromatic rings. The maximum absolute atomic E-state index is 15.0. The van der Waals surface area contributed by atoms with Gasteiger partial charge in [-0.1, -0.05) is 0 Å². The highest BCUT2D eigenvalue weighted by Crippen LogP contribution is 2.36. The molecule has 0 aliphatic carbocycles. The average Bonchev–Trinajstić information content (AvgIpc) is 3.30. The number of halogens is 4. The Morgan fingerprint density at radius 1 is 1.08 bits per heavy atom. The fourth-order valence-corrected chi connectivity index (χ4v) is 4.41. The first-order chi connectivity index (χ1) is 17.7. The van der Waals surface area contributed by atoms with E-state index in [4.69, 9.17) is 4.74 Å². The molecule has 0 saturated carbocycles. The monoisotopic (exact) mass is 515 g/mol. The lowest BCUT2D eigenvalue weighted by Crippen LogP contribution is -2.29. The van der Waals surface area contributed by atoms with E-state index in [0.29, 0.717) is 17.4 Å². The topological polar surface area (TPSA) is 91.0 Å². The molecule has 0 unspecified atom stereocenters. The highest BCUT2D eigenvalue weighted by atomic mass is 19.4. The van der Waals surface area contributed by atoms with E-state index in [-0.39, 0.29) is 23.0 Å². The zero-order chi connectivity index (χ0) is 26.0. The molecule has 0 atom stereocenters. The van der Waals surface area contributed by atoms with Gasteiger partial charge in [-0.05, 0) is 62.7 Å². The third-order valence-electron chi connectivity index (χ3n) is 6.29. The van der Waals surface area contributed by atoms with Crippen LogP contribution in [0.4, 0.5) is 34.9 Å². The first kappa shape index (κ1) is 24.8. The van der Waals surface area contributed by atoms with E-state index in [0.717, 1.165) is 36.9 Å². The van der Waals surface area contributed by atoms with Crippen LogP contribution in [0.5, 0.6) is 11.5 Å². The lowest BCUT2D eigenvalue weighted by atomic mass is 9.90. The van der Waals surface area contributed by atoms with Crippen LogP contribution in [-0.4, -0.2) is 57.7 Å². The molecule has 0 amide bonds. The second-order valence-electron chi connectivity index (χ2n) is 8.98. The molecule has 3 aromatic heterocycles. The predicted molar refractivity (Wildman–Crippen MR) is 132 cm³/mol. The summed E-state index contributed by atoms with van der Waals surface area (Å²) in [6, 6.07) is 7.05. The van der Waals surface area contributed by atoms with Gasteiger partial charge in [-0.15, -0.1) is 0 Å². The van der Waals surface area contributed by atoms with Crippen molar-refractivity contribution in [2.24, 2.45) is 0 Å². The Bertz CT molecular complexity index is 1380. The van der Waals surface area contributed by atoms with E-state index < -0.39 is 18.5 Å². The molecule has 37 heavy (non-hydrogen) atoms. The van der Waals surface area contributed by atoms with Gasteiger partial charge in [0.2, 0.25) is 0 Å². The number of anilines is 3. The molecule has 0 spiro atoms. The number of pyridine rings is 1. The number of aromatic nitrogens is 4. The van der Waals surface area contributed by atoms with Crippen LogP contribution in [-0.2, 0) is 0 Å². The summed E-state index contributed by atoms with van der Waals surface area (Å²) in [5.41, 5.74) is 1.99. The van der Waals surface area contributed by atoms with Gasteiger partial charge >= 0.3 is 6.18 Å². The fraction of sp³-hybridized carbons (Fsp3) is 0.320. The van der Waals surface area contributed by atoms with Crippen LogP contribution in [0, 0.1) is 5.82 Å². The second-order valence-corrected chi connectivity index (χ2v) is 8.98. The van der Waals surface area contributed by atoms with Crippen molar-refractivity contribution in [3.05, 3.63) is 60.4 Å². The van der Waals surface area contributed by atoms with Crippen molar-refractivity contribution in [1.82, 2.24) is 24.8 Å². The summed E-state index contributed by atoms with van der Waals surface area (Å²) >= 11 is 0. The van der Waals surface area contributed by atoms with Gasteiger partial charge in [0.25, 0.3) is 0 Å². The number of alkyl halides is 3. The third-order valence-corrected chi connectivity index (χ3v) is 6.29. The number of likely N-dealkylation sites (tertiary alicyclic amines) is 1. The van der Waals surface area contributed by atoms with E-state index >= 15 is 4.39 Å². The number of nitrogens with zero attached hydrogens (tertiary/aromatic N) is 4. The van der Waals surface area contributed by atoms with Crippen molar-refractivity contribution in [3.63, 3.8) is 0 Å².